The molecular formula is C15H19NO. The van der Waals surface area contributed by atoms with Gasteiger partial charge in [-0.05, 0) is 29.8 Å². The van der Waals surface area contributed by atoms with E-state index in [0.717, 1.165) is 17.5 Å². The lowest BCUT2D eigenvalue weighted by atomic mass is 9.97. The molecule has 0 aliphatic rings. The third-order valence-corrected chi connectivity index (χ3v) is 3.14. The predicted octanol–water partition coefficient (Wildman–Crippen LogP) is 2.87. The molecule has 2 unspecified atom stereocenters. The third-order valence-electron chi connectivity index (χ3n) is 3.14. The van der Waals surface area contributed by atoms with Gasteiger partial charge in [0.25, 0.3) is 0 Å². The molecule has 2 rings (SSSR count). The number of benzene rings is 2. The standard InChI is InChI=1S/C15H19NO/c1-3-16-11(2)15(17)14-10-6-8-12-7-4-5-9-13(12)14/h4-11,15-17H,3H2,1-2H3. The monoisotopic (exact) mass is 229 g/mol. The highest BCUT2D eigenvalue weighted by Crippen LogP contribution is 2.26. The van der Waals surface area contributed by atoms with E-state index in [-0.39, 0.29) is 6.04 Å². The van der Waals surface area contributed by atoms with Gasteiger partial charge < -0.3 is 10.4 Å². The molecule has 17 heavy (non-hydrogen) atoms. The molecule has 0 saturated heterocycles. The molecule has 0 radical (unpaired) electrons. The van der Waals surface area contributed by atoms with Crippen molar-refractivity contribution in [2.75, 3.05) is 6.54 Å². The Morgan fingerprint density at radius 3 is 2.59 bits per heavy atom. The largest absolute Gasteiger partial charge is 0.387 e. The predicted molar refractivity (Wildman–Crippen MR) is 72.0 cm³/mol. The first-order valence-corrected chi connectivity index (χ1v) is 6.13. The van der Waals surface area contributed by atoms with Gasteiger partial charge in [0.05, 0.1) is 6.10 Å². The number of rotatable bonds is 4. The zero-order valence-corrected chi connectivity index (χ0v) is 10.4. The molecule has 2 nitrogen and oxygen atoms in total. The zero-order valence-electron chi connectivity index (χ0n) is 10.4. The summed E-state index contributed by atoms with van der Waals surface area (Å²) in [5.74, 6) is 0. The molecule has 0 aliphatic carbocycles. The molecule has 0 heterocycles. The van der Waals surface area contributed by atoms with Gasteiger partial charge in [-0.15, -0.1) is 0 Å². The van der Waals surface area contributed by atoms with Gasteiger partial charge in [-0.3, -0.25) is 0 Å². The van der Waals surface area contributed by atoms with E-state index in [1.54, 1.807) is 0 Å². The molecule has 0 spiro atoms. The van der Waals surface area contributed by atoms with E-state index in [1.807, 2.05) is 38.1 Å². The number of likely N-dealkylation sites (N-methyl/N-ethyl adjacent to an activating group) is 1. The highest BCUT2D eigenvalue weighted by molar-refractivity contribution is 5.86. The summed E-state index contributed by atoms with van der Waals surface area (Å²) in [4.78, 5) is 0. The van der Waals surface area contributed by atoms with Gasteiger partial charge in [-0.2, -0.15) is 0 Å². The van der Waals surface area contributed by atoms with Gasteiger partial charge in [-0.1, -0.05) is 49.4 Å². The molecule has 2 aromatic carbocycles. The number of hydrogen-bond acceptors (Lipinski definition) is 2. The summed E-state index contributed by atoms with van der Waals surface area (Å²) in [5, 5.41) is 15.9. The highest BCUT2D eigenvalue weighted by Gasteiger charge is 2.17. The van der Waals surface area contributed by atoms with E-state index in [4.69, 9.17) is 0 Å². The average molecular weight is 229 g/mol. The van der Waals surface area contributed by atoms with E-state index in [9.17, 15) is 5.11 Å². The summed E-state index contributed by atoms with van der Waals surface area (Å²) in [6, 6.07) is 14.3. The molecule has 0 bridgehead atoms. The summed E-state index contributed by atoms with van der Waals surface area (Å²) in [5.41, 5.74) is 0.997. The second-order valence-electron chi connectivity index (χ2n) is 4.36. The van der Waals surface area contributed by atoms with Crippen LogP contribution in [0.25, 0.3) is 10.8 Å². The lowest BCUT2D eigenvalue weighted by Gasteiger charge is -2.21. The van der Waals surface area contributed by atoms with E-state index in [1.165, 1.54) is 5.39 Å². The average Bonchev–Trinajstić information content (AvgIpc) is 2.37. The molecule has 0 aromatic heterocycles. The summed E-state index contributed by atoms with van der Waals surface area (Å²) < 4.78 is 0. The van der Waals surface area contributed by atoms with Crippen LogP contribution in [0.15, 0.2) is 42.5 Å². The van der Waals surface area contributed by atoms with Crippen LogP contribution in [-0.2, 0) is 0 Å². The Hall–Kier alpha value is -1.38. The van der Waals surface area contributed by atoms with Gasteiger partial charge in [0.1, 0.15) is 0 Å². The molecule has 2 N–H and O–H groups in total. The van der Waals surface area contributed by atoms with E-state index < -0.39 is 6.10 Å². The fraction of sp³-hybridized carbons (Fsp3) is 0.333. The second kappa shape index (κ2) is 5.30. The Morgan fingerprint density at radius 2 is 1.82 bits per heavy atom. The minimum atomic E-state index is -0.471. The molecule has 2 aromatic rings. The van der Waals surface area contributed by atoms with Gasteiger partial charge in [0, 0.05) is 6.04 Å². The van der Waals surface area contributed by atoms with Crippen molar-refractivity contribution in [3.8, 4) is 0 Å². The van der Waals surface area contributed by atoms with Crippen molar-refractivity contribution in [1.82, 2.24) is 5.32 Å². The van der Waals surface area contributed by atoms with E-state index in [2.05, 4.69) is 23.5 Å². The first-order chi connectivity index (χ1) is 8.24. The van der Waals surface area contributed by atoms with Crippen molar-refractivity contribution >= 4 is 10.8 Å². The Labute approximate surface area is 102 Å². The summed E-state index contributed by atoms with van der Waals surface area (Å²) in [6.07, 6.45) is -0.471. The van der Waals surface area contributed by atoms with Crippen LogP contribution in [0.2, 0.25) is 0 Å². The van der Waals surface area contributed by atoms with Gasteiger partial charge in [0.2, 0.25) is 0 Å². The quantitative estimate of drug-likeness (QED) is 0.845. The fourth-order valence-electron chi connectivity index (χ4n) is 2.21. The molecule has 0 fully saturated rings. The van der Waals surface area contributed by atoms with E-state index >= 15 is 0 Å². The fourth-order valence-corrected chi connectivity index (χ4v) is 2.21. The smallest absolute Gasteiger partial charge is 0.0946 e. The zero-order chi connectivity index (χ0) is 12.3. The van der Waals surface area contributed by atoms with Crippen LogP contribution in [0, 0.1) is 0 Å². The van der Waals surface area contributed by atoms with Crippen molar-refractivity contribution in [2.45, 2.75) is 26.0 Å². The second-order valence-corrected chi connectivity index (χ2v) is 4.36. The Balaban J connectivity index is 2.41. The van der Waals surface area contributed by atoms with Gasteiger partial charge in [-0.25, -0.2) is 0 Å². The topological polar surface area (TPSA) is 32.3 Å². The van der Waals surface area contributed by atoms with Gasteiger partial charge in [0.15, 0.2) is 0 Å². The Kier molecular flexibility index (Phi) is 3.77. The lowest BCUT2D eigenvalue weighted by molar-refractivity contribution is 0.138. The molecular weight excluding hydrogens is 210 g/mol. The first kappa shape index (κ1) is 12.1. The SMILES string of the molecule is CCNC(C)C(O)c1cccc2ccccc12. The number of aliphatic hydroxyl groups is 1. The Morgan fingerprint density at radius 1 is 1.12 bits per heavy atom. The van der Waals surface area contributed by atoms with Crippen molar-refractivity contribution in [1.29, 1.82) is 0 Å². The van der Waals surface area contributed by atoms with Crippen LogP contribution in [-0.4, -0.2) is 17.7 Å². The maximum atomic E-state index is 10.4. The maximum Gasteiger partial charge on any atom is 0.0946 e. The van der Waals surface area contributed by atoms with Crippen LogP contribution in [0.1, 0.15) is 25.5 Å². The van der Waals surface area contributed by atoms with Crippen LogP contribution in [0.5, 0.6) is 0 Å². The summed E-state index contributed by atoms with van der Waals surface area (Å²) in [7, 11) is 0. The van der Waals surface area contributed by atoms with Crippen molar-refractivity contribution in [3.05, 3.63) is 48.0 Å². The first-order valence-electron chi connectivity index (χ1n) is 6.13. The molecule has 2 atom stereocenters. The minimum Gasteiger partial charge on any atom is -0.387 e. The highest BCUT2D eigenvalue weighted by atomic mass is 16.3. The van der Waals surface area contributed by atoms with Crippen molar-refractivity contribution in [2.24, 2.45) is 0 Å². The lowest BCUT2D eigenvalue weighted by Crippen LogP contribution is -2.31. The van der Waals surface area contributed by atoms with Crippen molar-refractivity contribution < 1.29 is 5.11 Å². The number of fused-ring (bicyclic) bond motifs is 1. The Bertz CT molecular complexity index is 490. The van der Waals surface area contributed by atoms with Crippen LogP contribution >= 0.6 is 0 Å². The molecule has 0 saturated carbocycles. The summed E-state index contributed by atoms with van der Waals surface area (Å²) >= 11 is 0. The minimum absolute atomic E-state index is 0.0609. The molecule has 0 amide bonds. The maximum absolute atomic E-state index is 10.4. The normalized spacial score (nSPS) is 14.8. The van der Waals surface area contributed by atoms with Crippen LogP contribution in [0.4, 0.5) is 0 Å². The molecule has 90 valence electrons. The summed E-state index contributed by atoms with van der Waals surface area (Å²) in [6.45, 7) is 4.92. The number of hydrogen-bond donors (Lipinski definition) is 2. The number of aliphatic hydroxyl groups excluding tert-OH is 1. The van der Waals surface area contributed by atoms with Gasteiger partial charge >= 0.3 is 0 Å². The van der Waals surface area contributed by atoms with Crippen LogP contribution in [0.3, 0.4) is 0 Å². The van der Waals surface area contributed by atoms with Crippen molar-refractivity contribution in [3.63, 3.8) is 0 Å². The molecule has 0 aliphatic heterocycles. The van der Waals surface area contributed by atoms with E-state index in [0.29, 0.717) is 0 Å². The van der Waals surface area contributed by atoms with Crippen LogP contribution < -0.4 is 5.32 Å². The number of nitrogens with one attached hydrogen (secondary N) is 1. The molecule has 2 heteroatoms. The third kappa shape index (κ3) is 2.48.